The van der Waals surface area contributed by atoms with Gasteiger partial charge in [-0.05, 0) is 96.7 Å². The summed E-state index contributed by atoms with van der Waals surface area (Å²) in [4.78, 5) is 14.4. The highest BCUT2D eigenvalue weighted by atomic mass is 32.2. The van der Waals surface area contributed by atoms with Crippen LogP contribution in [0.2, 0.25) is 0 Å². The second-order valence-corrected chi connectivity index (χ2v) is 14.8. The Bertz CT molecular complexity index is 1640. The zero-order chi connectivity index (χ0) is 33.0. The van der Waals surface area contributed by atoms with E-state index >= 15 is 0 Å². The summed E-state index contributed by atoms with van der Waals surface area (Å²) < 4.78 is 38.5. The SMILES string of the molecule is CCNS(=O)(=O)Oc1cc(C(C)(C)C)c(SC2=C(O)CC(CCc3cccc(O)c3)(CCc3cccc(O)c3)OC2=O)cc1C. The monoisotopic (exact) mass is 655 g/mol. The van der Waals surface area contributed by atoms with Crippen LogP contribution in [0, 0.1) is 6.92 Å². The van der Waals surface area contributed by atoms with Crippen molar-refractivity contribution in [1.82, 2.24) is 4.72 Å². The van der Waals surface area contributed by atoms with E-state index in [9.17, 15) is 28.5 Å². The van der Waals surface area contributed by atoms with Crippen molar-refractivity contribution in [3.8, 4) is 17.2 Å². The first-order chi connectivity index (χ1) is 21.1. The van der Waals surface area contributed by atoms with E-state index in [0.717, 1.165) is 28.5 Å². The van der Waals surface area contributed by atoms with E-state index in [1.165, 1.54) is 0 Å². The normalized spacial score (nSPS) is 15.2. The Morgan fingerprint density at radius 3 is 2.02 bits per heavy atom. The molecule has 0 bridgehead atoms. The molecule has 4 rings (SSSR count). The Hall–Kier alpha value is -3.67. The third-order valence-corrected chi connectivity index (χ3v) is 9.83. The van der Waals surface area contributed by atoms with Crippen molar-refractivity contribution >= 4 is 28.0 Å². The molecule has 0 spiro atoms. The number of hydrogen-bond acceptors (Lipinski definition) is 9. The van der Waals surface area contributed by atoms with E-state index < -0.39 is 27.3 Å². The van der Waals surface area contributed by atoms with Crippen molar-refractivity contribution in [3.63, 3.8) is 0 Å². The molecule has 0 amide bonds. The van der Waals surface area contributed by atoms with Crippen molar-refractivity contribution in [2.24, 2.45) is 0 Å². The number of ether oxygens (including phenoxy) is 1. The van der Waals surface area contributed by atoms with Gasteiger partial charge in [-0.25, -0.2) is 4.79 Å². The van der Waals surface area contributed by atoms with E-state index in [2.05, 4.69) is 4.72 Å². The van der Waals surface area contributed by atoms with Gasteiger partial charge in [-0.2, -0.15) is 13.1 Å². The van der Waals surface area contributed by atoms with Gasteiger partial charge in [0.05, 0.1) is 0 Å². The fourth-order valence-corrected chi connectivity index (χ4v) is 7.39. The number of thioether (sulfide) groups is 1. The summed E-state index contributed by atoms with van der Waals surface area (Å²) in [6.45, 7) is 9.45. The summed E-state index contributed by atoms with van der Waals surface area (Å²) in [6, 6.07) is 17.2. The highest BCUT2D eigenvalue weighted by molar-refractivity contribution is 8.04. The molecular formula is C34H41NO8S2. The van der Waals surface area contributed by atoms with Gasteiger partial charge in [-0.15, -0.1) is 0 Å². The van der Waals surface area contributed by atoms with Crippen LogP contribution in [0.15, 0.2) is 76.2 Å². The Labute approximate surface area is 269 Å². The summed E-state index contributed by atoms with van der Waals surface area (Å²) in [5.74, 6) is -0.278. The highest BCUT2D eigenvalue weighted by Gasteiger charge is 2.42. The number of phenols is 2. The number of benzene rings is 3. The van der Waals surface area contributed by atoms with E-state index in [4.69, 9.17) is 8.92 Å². The molecule has 3 aromatic rings. The number of aliphatic hydroxyl groups is 1. The van der Waals surface area contributed by atoms with Gasteiger partial charge in [0.25, 0.3) is 0 Å². The van der Waals surface area contributed by atoms with E-state index in [1.807, 2.05) is 32.9 Å². The lowest BCUT2D eigenvalue weighted by molar-refractivity contribution is -0.159. The maximum atomic E-state index is 13.7. The molecule has 0 fully saturated rings. The van der Waals surface area contributed by atoms with Crippen LogP contribution < -0.4 is 8.91 Å². The van der Waals surface area contributed by atoms with Gasteiger partial charge >= 0.3 is 16.3 Å². The average molecular weight is 656 g/mol. The zero-order valence-corrected chi connectivity index (χ0v) is 27.8. The Morgan fingerprint density at radius 1 is 0.956 bits per heavy atom. The molecule has 0 radical (unpaired) electrons. The third-order valence-electron chi connectivity index (χ3n) is 7.62. The summed E-state index contributed by atoms with van der Waals surface area (Å²) in [6.07, 6.45) is 1.90. The Balaban J connectivity index is 1.66. The molecule has 0 aromatic heterocycles. The maximum absolute atomic E-state index is 13.7. The predicted octanol–water partition coefficient (Wildman–Crippen LogP) is 6.75. The van der Waals surface area contributed by atoms with Crippen molar-refractivity contribution in [1.29, 1.82) is 0 Å². The topological polar surface area (TPSA) is 142 Å². The van der Waals surface area contributed by atoms with Crippen molar-refractivity contribution in [2.75, 3.05) is 6.54 Å². The van der Waals surface area contributed by atoms with Crippen molar-refractivity contribution in [2.45, 2.75) is 82.6 Å². The summed E-state index contributed by atoms with van der Waals surface area (Å²) in [5, 5.41) is 31.3. The molecular weight excluding hydrogens is 615 g/mol. The van der Waals surface area contributed by atoms with Crippen LogP contribution in [0.4, 0.5) is 0 Å². The van der Waals surface area contributed by atoms with Gasteiger partial charge in [0.15, 0.2) is 0 Å². The molecule has 1 heterocycles. The number of hydrogen-bond donors (Lipinski definition) is 4. The van der Waals surface area contributed by atoms with Crippen LogP contribution in [0.25, 0.3) is 0 Å². The molecule has 242 valence electrons. The van der Waals surface area contributed by atoms with Crippen molar-refractivity contribution in [3.05, 3.63) is 93.6 Å². The van der Waals surface area contributed by atoms with Gasteiger partial charge in [0, 0.05) is 17.9 Å². The summed E-state index contributed by atoms with van der Waals surface area (Å²) in [5.41, 5.74) is 1.53. The van der Waals surface area contributed by atoms with Crippen LogP contribution in [-0.2, 0) is 38.1 Å². The number of nitrogens with one attached hydrogen (secondary N) is 1. The van der Waals surface area contributed by atoms with Crippen molar-refractivity contribution < 1.29 is 37.5 Å². The first-order valence-corrected chi connectivity index (χ1v) is 17.1. The number of carbonyl (C=O) groups excluding carboxylic acids is 1. The number of aromatic hydroxyl groups is 2. The van der Waals surface area contributed by atoms with E-state index in [1.54, 1.807) is 62.4 Å². The molecule has 11 heteroatoms. The van der Waals surface area contributed by atoms with Gasteiger partial charge in [-0.1, -0.05) is 63.7 Å². The minimum Gasteiger partial charge on any atom is -0.511 e. The maximum Gasteiger partial charge on any atom is 0.382 e. The number of esters is 1. The van der Waals surface area contributed by atoms with E-state index in [0.29, 0.717) is 36.1 Å². The minimum atomic E-state index is -4.00. The van der Waals surface area contributed by atoms with Crippen LogP contribution in [0.1, 0.15) is 69.2 Å². The first kappa shape index (κ1) is 34.2. The molecule has 0 unspecified atom stereocenters. The molecule has 1 aliphatic rings. The Kier molecular flexibility index (Phi) is 10.5. The second kappa shape index (κ2) is 13.8. The third kappa shape index (κ3) is 8.96. The number of carbonyl (C=O) groups is 1. The number of aryl methyl sites for hydroxylation is 3. The molecule has 0 saturated carbocycles. The van der Waals surface area contributed by atoms with Crippen LogP contribution >= 0.6 is 11.8 Å². The first-order valence-electron chi connectivity index (χ1n) is 14.8. The molecule has 0 aliphatic carbocycles. The highest BCUT2D eigenvalue weighted by Crippen LogP contribution is 2.45. The van der Waals surface area contributed by atoms with Crippen LogP contribution in [0.3, 0.4) is 0 Å². The fraction of sp³-hybridized carbons (Fsp3) is 0.382. The molecule has 9 nitrogen and oxygen atoms in total. The fourth-order valence-electron chi connectivity index (χ4n) is 5.31. The zero-order valence-electron chi connectivity index (χ0n) is 26.2. The second-order valence-electron chi connectivity index (χ2n) is 12.4. The quantitative estimate of drug-likeness (QED) is 0.156. The Morgan fingerprint density at radius 2 is 1.53 bits per heavy atom. The lowest BCUT2D eigenvalue weighted by Crippen LogP contribution is -2.41. The van der Waals surface area contributed by atoms with Gasteiger partial charge in [0.1, 0.15) is 33.5 Å². The summed E-state index contributed by atoms with van der Waals surface area (Å²) >= 11 is 1.09. The molecule has 4 N–H and O–H groups in total. The van der Waals surface area contributed by atoms with Crippen LogP contribution in [0.5, 0.6) is 17.2 Å². The molecule has 0 saturated heterocycles. The smallest absolute Gasteiger partial charge is 0.382 e. The summed E-state index contributed by atoms with van der Waals surface area (Å²) in [7, 11) is -4.00. The van der Waals surface area contributed by atoms with Gasteiger partial charge < -0.3 is 24.2 Å². The molecule has 1 aliphatic heterocycles. The largest absolute Gasteiger partial charge is 0.511 e. The number of cyclic esters (lactones) is 1. The van der Waals surface area contributed by atoms with Crippen LogP contribution in [-0.4, -0.2) is 41.9 Å². The minimum absolute atomic E-state index is 0.0687. The van der Waals surface area contributed by atoms with Gasteiger partial charge in [0.2, 0.25) is 0 Å². The predicted molar refractivity (Wildman–Crippen MR) is 175 cm³/mol. The molecule has 0 atom stereocenters. The molecule has 3 aromatic carbocycles. The number of aliphatic hydroxyl groups excluding tert-OH is 1. The lowest BCUT2D eigenvalue weighted by atomic mass is 9.84. The van der Waals surface area contributed by atoms with E-state index in [-0.39, 0.29) is 40.9 Å². The molecule has 45 heavy (non-hydrogen) atoms. The standard InChI is InChI=1S/C34H41NO8S2/c1-6-35-45(40,41)43-29-20-27(33(3,4)5)30(17-22(29)2)44-31-28(38)21-34(42-32(31)39,15-13-23-9-7-11-25(36)18-23)16-14-24-10-8-12-26(37)19-24/h7-12,17-20,35-38H,6,13-16,21H2,1-5H3. The number of phenolic OH excluding ortho intramolecular Hbond substituents is 2. The average Bonchev–Trinajstić information content (AvgIpc) is 2.93. The van der Waals surface area contributed by atoms with Gasteiger partial charge in [-0.3, -0.25) is 0 Å². The lowest BCUT2D eigenvalue weighted by Gasteiger charge is -2.37. The number of rotatable bonds is 12.